The highest BCUT2D eigenvalue weighted by molar-refractivity contribution is 6.33. The van der Waals surface area contributed by atoms with Crippen LogP contribution in [-0.4, -0.2) is 20.1 Å². The van der Waals surface area contributed by atoms with Gasteiger partial charge in [-0.3, -0.25) is 0 Å². The molecule has 4 nitrogen and oxygen atoms in total. The van der Waals surface area contributed by atoms with Crippen molar-refractivity contribution in [3.05, 3.63) is 35.0 Å². The lowest BCUT2D eigenvalue weighted by atomic mass is 10.1. The number of unbranched alkanes of at least 4 members (excludes halogenated alkanes) is 2. The van der Waals surface area contributed by atoms with Crippen LogP contribution in [0, 0.1) is 0 Å². The van der Waals surface area contributed by atoms with Crippen LogP contribution in [-0.2, 0) is 13.2 Å². The summed E-state index contributed by atoms with van der Waals surface area (Å²) in [4.78, 5) is 0. The predicted molar refractivity (Wildman–Crippen MR) is 75.9 cm³/mol. The Bertz CT molecular complexity index is 539. The van der Waals surface area contributed by atoms with Crippen molar-refractivity contribution < 1.29 is 5.11 Å². The Hall–Kier alpha value is -1.39. The molecule has 2 aromatic rings. The highest BCUT2D eigenvalue weighted by Gasteiger charge is 2.16. The highest BCUT2D eigenvalue weighted by atomic mass is 35.5. The SMILES string of the molecule is CCCCCn1nnc(CO)c1-c1ccccc1Cl. The molecule has 0 saturated carbocycles. The molecule has 0 fully saturated rings. The summed E-state index contributed by atoms with van der Waals surface area (Å²) in [5.74, 6) is 0. The summed E-state index contributed by atoms with van der Waals surface area (Å²) in [5.41, 5.74) is 2.27. The van der Waals surface area contributed by atoms with Gasteiger partial charge in [0.05, 0.1) is 17.3 Å². The van der Waals surface area contributed by atoms with Crippen molar-refractivity contribution in [2.45, 2.75) is 39.3 Å². The number of benzene rings is 1. The van der Waals surface area contributed by atoms with Crippen molar-refractivity contribution in [3.8, 4) is 11.3 Å². The van der Waals surface area contributed by atoms with Gasteiger partial charge in [-0.2, -0.15) is 0 Å². The molecule has 0 spiro atoms. The fourth-order valence-electron chi connectivity index (χ4n) is 2.07. The Kier molecular flexibility index (Phi) is 4.93. The average Bonchev–Trinajstić information content (AvgIpc) is 2.82. The van der Waals surface area contributed by atoms with Gasteiger partial charge in [0.25, 0.3) is 0 Å². The third kappa shape index (κ3) is 3.14. The number of halogens is 1. The van der Waals surface area contributed by atoms with Gasteiger partial charge in [-0.05, 0) is 12.5 Å². The van der Waals surface area contributed by atoms with Crippen molar-refractivity contribution in [1.82, 2.24) is 15.0 Å². The quantitative estimate of drug-likeness (QED) is 0.826. The predicted octanol–water partition coefficient (Wildman–Crippen LogP) is 3.28. The van der Waals surface area contributed by atoms with Crippen LogP contribution in [0.1, 0.15) is 31.9 Å². The lowest BCUT2D eigenvalue weighted by molar-refractivity contribution is 0.277. The van der Waals surface area contributed by atoms with Gasteiger partial charge in [-0.25, -0.2) is 4.68 Å². The number of aryl methyl sites for hydroxylation is 1. The molecule has 2 rings (SSSR count). The van der Waals surface area contributed by atoms with Crippen molar-refractivity contribution >= 4 is 11.6 Å². The van der Waals surface area contributed by atoms with Gasteiger partial charge in [0.15, 0.2) is 0 Å². The number of nitrogens with zero attached hydrogens (tertiary/aromatic N) is 3. The molecule has 19 heavy (non-hydrogen) atoms. The molecular weight excluding hydrogens is 262 g/mol. The van der Waals surface area contributed by atoms with E-state index in [0.717, 1.165) is 37.1 Å². The smallest absolute Gasteiger partial charge is 0.116 e. The van der Waals surface area contributed by atoms with Gasteiger partial charge in [0, 0.05) is 12.1 Å². The van der Waals surface area contributed by atoms with E-state index in [-0.39, 0.29) is 6.61 Å². The molecule has 0 atom stereocenters. The summed E-state index contributed by atoms with van der Waals surface area (Å²) in [6.45, 7) is 2.82. The van der Waals surface area contributed by atoms with E-state index < -0.39 is 0 Å². The molecule has 0 aliphatic rings. The fourth-order valence-corrected chi connectivity index (χ4v) is 2.30. The van der Waals surface area contributed by atoms with E-state index in [4.69, 9.17) is 11.6 Å². The highest BCUT2D eigenvalue weighted by Crippen LogP contribution is 2.29. The normalized spacial score (nSPS) is 10.9. The van der Waals surface area contributed by atoms with Gasteiger partial charge >= 0.3 is 0 Å². The molecule has 5 heteroatoms. The van der Waals surface area contributed by atoms with E-state index in [1.54, 1.807) is 0 Å². The van der Waals surface area contributed by atoms with Crippen LogP contribution in [0.25, 0.3) is 11.3 Å². The number of rotatable bonds is 6. The minimum absolute atomic E-state index is 0.131. The van der Waals surface area contributed by atoms with Gasteiger partial charge < -0.3 is 5.11 Å². The third-order valence-corrected chi connectivity index (χ3v) is 3.39. The lowest BCUT2D eigenvalue weighted by Crippen LogP contribution is -2.03. The number of aliphatic hydroxyl groups is 1. The van der Waals surface area contributed by atoms with Crippen LogP contribution in [0.15, 0.2) is 24.3 Å². The van der Waals surface area contributed by atoms with Crippen LogP contribution in [0.4, 0.5) is 0 Å². The Morgan fingerprint density at radius 3 is 2.74 bits per heavy atom. The molecule has 102 valence electrons. The van der Waals surface area contributed by atoms with E-state index in [2.05, 4.69) is 17.2 Å². The van der Waals surface area contributed by atoms with E-state index in [1.807, 2.05) is 28.9 Å². The van der Waals surface area contributed by atoms with E-state index in [9.17, 15) is 5.11 Å². The number of aliphatic hydroxyl groups excluding tert-OH is 1. The second kappa shape index (κ2) is 6.68. The molecule has 1 heterocycles. The molecule has 1 aromatic heterocycles. The van der Waals surface area contributed by atoms with Crippen LogP contribution in [0.5, 0.6) is 0 Å². The Balaban J connectivity index is 2.36. The summed E-state index contributed by atoms with van der Waals surface area (Å²) in [5, 5.41) is 18.2. The monoisotopic (exact) mass is 279 g/mol. The summed E-state index contributed by atoms with van der Waals surface area (Å²) in [6, 6.07) is 7.57. The summed E-state index contributed by atoms with van der Waals surface area (Å²) >= 11 is 6.23. The third-order valence-electron chi connectivity index (χ3n) is 3.06. The van der Waals surface area contributed by atoms with Gasteiger partial charge in [-0.1, -0.05) is 54.8 Å². The summed E-state index contributed by atoms with van der Waals surface area (Å²) < 4.78 is 1.84. The molecule has 1 N–H and O–H groups in total. The Morgan fingerprint density at radius 2 is 2.05 bits per heavy atom. The van der Waals surface area contributed by atoms with Crippen molar-refractivity contribution in [2.24, 2.45) is 0 Å². The first-order valence-electron chi connectivity index (χ1n) is 6.56. The van der Waals surface area contributed by atoms with E-state index in [0.29, 0.717) is 10.7 Å². The van der Waals surface area contributed by atoms with Crippen molar-refractivity contribution in [2.75, 3.05) is 0 Å². The molecule has 0 radical (unpaired) electrons. The van der Waals surface area contributed by atoms with Crippen molar-refractivity contribution in [3.63, 3.8) is 0 Å². The second-order valence-electron chi connectivity index (χ2n) is 4.45. The zero-order chi connectivity index (χ0) is 13.7. The zero-order valence-corrected chi connectivity index (χ0v) is 11.8. The van der Waals surface area contributed by atoms with Crippen LogP contribution in [0.2, 0.25) is 5.02 Å². The first kappa shape index (κ1) is 14.0. The maximum absolute atomic E-state index is 9.40. The van der Waals surface area contributed by atoms with E-state index in [1.165, 1.54) is 0 Å². The van der Waals surface area contributed by atoms with Gasteiger partial charge in [0.2, 0.25) is 0 Å². The van der Waals surface area contributed by atoms with Crippen LogP contribution >= 0.6 is 11.6 Å². The van der Waals surface area contributed by atoms with Crippen LogP contribution < -0.4 is 0 Å². The zero-order valence-electron chi connectivity index (χ0n) is 11.0. The molecule has 0 bridgehead atoms. The number of hydrogen-bond acceptors (Lipinski definition) is 3. The second-order valence-corrected chi connectivity index (χ2v) is 4.86. The summed E-state index contributed by atoms with van der Waals surface area (Å²) in [7, 11) is 0. The summed E-state index contributed by atoms with van der Waals surface area (Å²) in [6.07, 6.45) is 3.35. The standard InChI is InChI=1S/C14H18ClN3O/c1-2-3-6-9-18-14(13(10-19)16-17-18)11-7-4-5-8-12(11)15/h4-5,7-8,19H,2-3,6,9-10H2,1H3. The van der Waals surface area contributed by atoms with Crippen molar-refractivity contribution in [1.29, 1.82) is 0 Å². The minimum atomic E-state index is -0.131. The van der Waals surface area contributed by atoms with Gasteiger partial charge in [-0.15, -0.1) is 5.10 Å². The van der Waals surface area contributed by atoms with Crippen LogP contribution in [0.3, 0.4) is 0 Å². The molecule has 0 saturated heterocycles. The molecular formula is C14H18ClN3O. The lowest BCUT2D eigenvalue weighted by Gasteiger charge is -2.09. The number of aromatic nitrogens is 3. The molecule has 0 aliphatic carbocycles. The largest absolute Gasteiger partial charge is 0.390 e. The maximum Gasteiger partial charge on any atom is 0.116 e. The Morgan fingerprint density at radius 1 is 1.26 bits per heavy atom. The average molecular weight is 280 g/mol. The first-order valence-corrected chi connectivity index (χ1v) is 6.93. The number of hydrogen-bond donors (Lipinski definition) is 1. The first-order chi connectivity index (χ1) is 9.27. The molecule has 0 unspecified atom stereocenters. The minimum Gasteiger partial charge on any atom is -0.390 e. The van der Waals surface area contributed by atoms with Gasteiger partial charge in [0.1, 0.15) is 5.69 Å². The molecule has 0 aliphatic heterocycles. The molecule has 1 aromatic carbocycles. The Labute approximate surface area is 118 Å². The van der Waals surface area contributed by atoms with E-state index >= 15 is 0 Å². The molecule has 0 amide bonds. The topological polar surface area (TPSA) is 50.9 Å². The fraction of sp³-hybridized carbons (Fsp3) is 0.429. The maximum atomic E-state index is 9.40.